The lowest BCUT2D eigenvalue weighted by Gasteiger charge is -2.25. The summed E-state index contributed by atoms with van der Waals surface area (Å²) in [5.74, 6) is 0. The van der Waals surface area contributed by atoms with Gasteiger partial charge in [-0.3, -0.25) is 4.18 Å². The number of ether oxygens (including phenoxy) is 2. The summed E-state index contributed by atoms with van der Waals surface area (Å²) in [5.41, 5.74) is 7.84. The van der Waals surface area contributed by atoms with Crippen molar-refractivity contribution in [2.45, 2.75) is 25.0 Å². The zero-order valence-electron chi connectivity index (χ0n) is 10.2. The Morgan fingerprint density at radius 1 is 1.33 bits per heavy atom. The molecule has 2 aliphatic rings. The van der Waals surface area contributed by atoms with Gasteiger partial charge in [-0.25, -0.2) is 0 Å². The van der Waals surface area contributed by atoms with E-state index in [-0.39, 0.29) is 18.8 Å². The number of hydrogen-bond donors (Lipinski definition) is 0. The molecule has 0 aromatic carbocycles. The average molecular weight is 279 g/mol. The van der Waals surface area contributed by atoms with Crippen molar-refractivity contribution >= 4 is 10.1 Å². The van der Waals surface area contributed by atoms with Crippen molar-refractivity contribution < 1.29 is 22.1 Å². The summed E-state index contributed by atoms with van der Waals surface area (Å²) < 4.78 is 35.2. The third-order valence-corrected chi connectivity index (χ3v) is 2.97. The lowest BCUT2D eigenvalue weighted by Crippen LogP contribution is -2.32. The summed E-state index contributed by atoms with van der Waals surface area (Å²) in [6, 6.07) is 0. The van der Waals surface area contributed by atoms with E-state index in [9.17, 15) is 8.42 Å². The van der Waals surface area contributed by atoms with Gasteiger partial charge in [0.25, 0.3) is 10.1 Å². The molecular formula is C9H17N3O5S. The number of nitrogens with zero attached hydrogens (tertiary/aromatic N) is 3. The van der Waals surface area contributed by atoms with E-state index in [0.29, 0.717) is 6.54 Å². The normalized spacial score (nSPS) is 25.8. The third kappa shape index (κ3) is 6.77. The molecule has 0 spiro atoms. The van der Waals surface area contributed by atoms with Crippen molar-refractivity contribution in [2.75, 3.05) is 32.6 Å². The monoisotopic (exact) mass is 279 g/mol. The van der Waals surface area contributed by atoms with Gasteiger partial charge in [-0.15, -0.1) is 0 Å². The first-order valence-electron chi connectivity index (χ1n) is 5.59. The molecule has 0 N–H and O–H groups in total. The minimum atomic E-state index is -3.28. The molecule has 0 bridgehead atoms. The average Bonchev–Trinajstić information content (AvgIpc) is 2.12. The van der Waals surface area contributed by atoms with Gasteiger partial charge in [0.05, 0.1) is 31.6 Å². The van der Waals surface area contributed by atoms with Gasteiger partial charge in [0.1, 0.15) is 0 Å². The van der Waals surface area contributed by atoms with Crippen molar-refractivity contribution in [1.29, 1.82) is 0 Å². The van der Waals surface area contributed by atoms with Crippen molar-refractivity contribution in [3.8, 4) is 0 Å². The summed E-state index contributed by atoms with van der Waals surface area (Å²) in [7, 11) is -3.28. The van der Waals surface area contributed by atoms with Gasteiger partial charge in [0.15, 0.2) is 0 Å². The second-order valence-electron chi connectivity index (χ2n) is 3.97. The van der Waals surface area contributed by atoms with Crippen LogP contribution in [0.4, 0.5) is 0 Å². The molecule has 0 aliphatic carbocycles. The van der Waals surface area contributed by atoms with Crippen LogP contribution in [0.3, 0.4) is 0 Å². The standard InChI is InChI=1S/C5H10O4S.C4H7N3O/c1-10(6,7)9-4-5-2-3-8-5;5-7-6-3-4-1-2-8-4/h5H,2-4H2,1H3;4H,1-3H2/t5-;4-/m00/s1. The molecule has 0 saturated carbocycles. The molecule has 2 fully saturated rings. The fraction of sp³-hybridized carbons (Fsp3) is 1.00. The Labute approximate surface area is 106 Å². The van der Waals surface area contributed by atoms with Gasteiger partial charge in [0, 0.05) is 18.1 Å². The maximum absolute atomic E-state index is 10.4. The quantitative estimate of drug-likeness (QED) is 0.320. The highest BCUT2D eigenvalue weighted by Gasteiger charge is 2.19. The predicted octanol–water partition coefficient (Wildman–Crippen LogP) is 0.837. The Balaban J connectivity index is 0.000000184. The fourth-order valence-electron chi connectivity index (χ4n) is 1.17. The van der Waals surface area contributed by atoms with Crippen LogP contribution in [0.5, 0.6) is 0 Å². The molecule has 18 heavy (non-hydrogen) atoms. The summed E-state index contributed by atoms with van der Waals surface area (Å²) in [5, 5.41) is 3.35. The Hall–Kier alpha value is -0.860. The minimum absolute atomic E-state index is 0.00488. The summed E-state index contributed by atoms with van der Waals surface area (Å²) >= 11 is 0. The first-order valence-corrected chi connectivity index (χ1v) is 7.41. The lowest BCUT2D eigenvalue weighted by atomic mass is 10.2. The lowest BCUT2D eigenvalue weighted by molar-refractivity contribution is -0.0709. The van der Waals surface area contributed by atoms with Crippen LogP contribution in [0.2, 0.25) is 0 Å². The predicted molar refractivity (Wildman–Crippen MR) is 63.5 cm³/mol. The SMILES string of the molecule is CS(=O)(=O)OC[C@@H]1CCO1.[N-]=[N+]=NC[C@@H]1CCO1. The zero-order chi connectivity index (χ0) is 13.4. The van der Waals surface area contributed by atoms with E-state index < -0.39 is 10.1 Å². The van der Waals surface area contributed by atoms with E-state index in [0.717, 1.165) is 32.3 Å². The zero-order valence-corrected chi connectivity index (χ0v) is 11.0. The molecule has 2 heterocycles. The molecule has 0 unspecified atom stereocenters. The van der Waals surface area contributed by atoms with Crippen LogP contribution < -0.4 is 0 Å². The minimum Gasteiger partial charge on any atom is -0.378 e. The largest absolute Gasteiger partial charge is 0.378 e. The number of azide groups is 1. The highest BCUT2D eigenvalue weighted by Crippen LogP contribution is 2.11. The molecule has 2 saturated heterocycles. The molecule has 104 valence electrons. The van der Waals surface area contributed by atoms with Crippen molar-refractivity contribution in [3.05, 3.63) is 10.4 Å². The van der Waals surface area contributed by atoms with Crippen molar-refractivity contribution in [2.24, 2.45) is 5.11 Å². The topological polar surface area (TPSA) is 111 Å². The Morgan fingerprint density at radius 3 is 2.22 bits per heavy atom. The number of hydrogen-bond acceptors (Lipinski definition) is 6. The van der Waals surface area contributed by atoms with Crippen LogP contribution in [0.15, 0.2) is 5.11 Å². The van der Waals surface area contributed by atoms with E-state index in [1.165, 1.54) is 0 Å². The summed E-state index contributed by atoms with van der Waals surface area (Å²) in [6.07, 6.45) is 3.18. The molecule has 0 radical (unpaired) electrons. The Bertz CT molecular complexity index is 385. The second kappa shape index (κ2) is 7.55. The van der Waals surface area contributed by atoms with Crippen molar-refractivity contribution in [3.63, 3.8) is 0 Å². The molecule has 8 nitrogen and oxygen atoms in total. The number of rotatable bonds is 5. The van der Waals surface area contributed by atoms with Crippen molar-refractivity contribution in [1.82, 2.24) is 0 Å². The van der Waals surface area contributed by atoms with Crippen LogP contribution in [0.25, 0.3) is 10.4 Å². The van der Waals surface area contributed by atoms with Crippen LogP contribution in [-0.4, -0.2) is 53.2 Å². The summed E-state index contributed by atoms with van der Waals surface area (Å²) in [6.45, 7) is 2.21. The Kier molecular flexibility index (Phi) is 6.37. The molecule has 2 aliphatic heterocycles. The van der Waals surface area contributed by atoms with Gasteiger partial charge in [-0.2, -0.15) is 8.42 Å². The van der Waals surface area contributed by atoms with Gasteiger partial charge >= 0.3 is 0 Å². The molecule has 0 aromatic rings. The van der Waals surface area contributed by atoms with Gasteiger partial charge < -0.3 is 9.47 Å². The van der Waals surface area contributed by atoms with Gasteiger partial charge in [-0.1, -0.05) is 5.11 Å². The highest BCUT2D eigenvalue weighted by molar-refractivity contribution is 7.85. The van der Waals surface area contributed by atoms with Crippen LogP contribution in [0.1, 0.15) is 12.8 Å². The van der Waals surface area contributed by atoms with E-state index in [1.807, 2.05) is 0 Å². The van der Waals surface area contributed by atoms with E-state index in [2.05, 4.69) is 14.2 Å². The molecular weight excluding hydrogens is 262 g/mol. The fourth-order valence-corrected chi connectivity index (χ4v) is 1.57. The highest BCUT2D eigenvalue weighted by atomic mass is 32.2. The molecule has 0 amide bonds. The first kappa shape index (κ1) is 15.2. The van der Waals surface area contributed by atoms with Gasteiger partial charge in [-0.05, 0) is 18.4 Å². The molecule has 2 atom stereocenters. The third-order valence-electron chi connectivity index (χ3n) is 2.40. The molecule has 0 aromatic heterocycles. The van der Waals surface area contributed by atoms with Crippen LogP contribution in [0, 0.1) is 0 Å². The smallest absolute Gasteiger partial charge is 0.264 e. The molecule has 9 heteroatoms. The maximum atomic E-state index is 10.4. The van der Waals surface area contributed by atoms with E-state index in [4.69, 9.17) is 15.0 Å². The summed E-state index contributed by atoms with van der Waals surface area (Å²) in [4.78, 5) is 2.60. The van der Waals surface area contributed by atoms with E-state index in [1.54, 1.807) is 0 Å². The Morgan fingerprint density at radius 2 is 1.89 bits per heavy atom. The van der Waals surface area contributed by atoms with Crippen LogP contribution in [-0.2, 0) is 23.8 Å². The molecule has 2 rings (SSSR count). The van der Waals surface area contributed by atoms with Gasteiger partial charge in [0.2, 0.25) is 0 Å². The maximum Gasteiger partial charge on any atom is 0.264 e. The first-order chi connectivity index (χ1) is 8.51. The second-order valence-corrected chi connectivity index (χ2v) is 5.61. The van der Waals surface area contributed by atoms with Crippen LogP contribution >= 0.6 is 0 Å². The van der Waals surface area contributed by atoms with E-state index >= 15 is 0 Å².